The smallest absolute Gasteiger partial charge is 0.272 e. The van der Waals surface area contributed by atoms with Gasteiger partial charge in [-0.25, -0.2) is 27.3 Å². The summed E-state index contributed by atoms with van der Waals surface area (Å²) < 4.78 is 50.8. The molecule has 0 radical (unpaired) electrons. The zero-order valence-corrected chi connectivity index (χ0v) is 19.2. The first-order valence-corrected chi connectivity index (χ1v) is 12.3. The van der Waals surface area contributed by atoms with Crippen molar-refractivity contribution in [3.63, 3.8) is 0 Å². The van der Waals surface area contributed by atoms with Crippen LogP contribution in [0.15, 0.2) is 81.5 Å². The summed E-state index contributed by atoms with van der Waals surface area (Å²) in [6, 6.07) is 14.6. The molecule has 35 heavy (non-hydrogen) atoms. The van der Waals surface area contributed by atoms with Gasteiger partial charge in [0.25, 0.3) is 11.8 Å². The Kier molecular flexibility index (Phi) is 5.50. The first kappa shape index (κ1) is 22.9. The van der Waals surface area contributed by atoms with Crippen LogP contribution >= 0.6 is 11.8 Å². The molecule has 1 fully saturated rings. The molecule has 0 bridgehead atoms. The molecule has 0 spiro atoms. The molecule has 0 aliphatic carbocycles. The van der Waals surface area contributed by atoms with Crippen LogP contribution in [0, 0.1) is 11.6 Å². The van der Waals surface area contributed by atoms with Crippen molar-refractivity contribution in [2.75, 3.05) is 10.2 Å². The van der Waals surface area contributed by atoms with E-state index in [1.807, 2.05) is 0 Å². The van der Waals surface area contributed by atoms with E-state index in [9.17, 15) is 26.8 Å². The molecular formula is C23H14F2N4O4S2. The van der Waals surface area contributed by atoms with E-state index in [0.29, 0.717) is 5.69 Å². The predicted octanol–water partition coefficient (Wildman–Crippen LogP) is 3.74. The topological polar surface area (TPSA) is 122 Å². The second-order valence-electron chi connectivity index (χ2n) is 7.47. The molecule has 5 rings (SSSR count). The number of anilines is 2. The molecule has 0 aromatic heterocycles. The van der Waals surface area contributed by atoms with Gasteiger partial charge in [-0.05, 0) is 66.4 Å². The number of carbonyl (C=O) groups excluding carboxylic acids is 2. The Morgan fingerprint density at radius 2 is 1.63 bits per heavy atom. The highest BCUT2D eigenvalue weighted by molar-refractivity contribution is 8.19. The lowest BCUT2D eigenvalue weighted by molar-refractivity contribution is -0.114. The molecule has 2 aliphatic heterocycles. The lowest BCUT2D eigenvalue weighted by Gasteiger charge is -2.15. The number of fused-ring (bicyclic) bond motifs is 1. The molecule has 3 aromatic carbocycles. The van der Waals surface area contributed by atoms with Crippen molar-refractivity contribution in [1.82, 2.24) is 0 Å². The van der Waals surface area contributed by atoms with E-state index in [-0.39, 0.29) is 37.5 Å². The van der Waals surface area contributed by atoms with E-state index in [2.05, 4.69) is 10.3 Å². The number of hydrogen-bond donors (Lipinski definition) is 2. The summed E-state index contributed by atoms with van der Waals surface area (Å²) >= 11 is 0.887. The van der Waals surface area contributed by atoms with Gasteiger partial charge in [-0.15, -0.1) is 0 Å². The van der Waals surface area contributed by atoms with Crippen LogP contribution in [0.1, 0.15) is 5.56 Å². The van der Waals surface area contributed by atoms with Crippen molar-refractivity contribution in [2.24, 2.45) is 10.1 Å². The Labute approximate surface area is 202 Å². The minimum atomic E-state index is -3.91. The molecule has 176 valence electrons. The van der Waals surface area contributed by atoms with Gasteiger partial charge in [-0.3, -0.25) is 14.5 Å². The summed E-state index contributed by atoms with van der Waals surface area (Å²) in [5, 5.41) is 7.70. The Morgan fingerprint density at radius 3 is 2.29 bits per heavy atom. The number of nitrogens with zero attached hydrogens (tertiary/aromatic N) is 2. The lowest BCUT2D eigenvalue weighted by atomic mass is 10.1. The highest BCUT2D eigenvalue weighted by Crippen LogP contribution is 2.44. The van der Waals surface area contributed by atoms with Crippen molar-refractivity contribution in [1.29, 1.82) is 0 Å². The summed E-state index contributed by atoms with van der Waals surface area (Å²) in [5.74, 6) is -2.40. The fourth-order valence-corrected chi connectivity index (χ4v) is 5.23. The molecule has 0 unspecified atom stereocenters. The number of aliphatic imine (C=N–C) groups is 1. The van der Waals surface area contributed by atoms with Crippen LogP contribution in [0.4, 0.5) is 25.8 Å². The molecule has 1 saturated heterocycles. The van der Waals surface area contributed by atoms with Crippen molar-refractivity contribution >= 4 is 61.4 Å². The molecule has 12 heteroatoms. The van der Waals surface area contributed by atoms with E-state index >= 15 is 0 Å². The van der Waals surface area contributed by atoms with Crippen LogP contribution < -0.4 is 15.4 Å². The van der Waals surface area contributed by atoms with Crippen LogP contribution in [-0.2, 0) is 19.6 Å². The number of benzene rings is 3. The van der Waals surface area contributed by atoms with Gasteiger partial charge in [0.2, 0.25) is 10.0 Å². The number of sulfonamides is 1. The van der Waals surface area contributed by atoms with Gasteiger partial charge in [0.05, 0.1) is 32.4 Å². The normalized spacial score (nSPS) is 18.8. The SMILES string of the molecule is NS(=O)(=O)c1ccc(/N=C2\S/C(=C3\C(=O)Nc4c(F)cccc43)C(=O)N2c2ccc(F)cc2)cc1. The van der Waals surface area contributed by atoms with Gasteiger partial charge in [-0.2, -0.15) is 0 Å². The van der Waals surface area contributed by atoms with Gasteiger partial charge in [-0.1, -0.05) is 12.1 Å². The predicted molar refractivity (Wildman–Crippen MR) is 128 cm³/mol. The molecule has 8 nitrogen and oxygen atoms in total. The third-order valence-corrected chi connectivity index (χ3v) is 7.20. The van der Waals surface area contributed by atoms with E-state index in [4.69, 9.17) is 5.14 Å². The van der Waals surface area contributed by atoms with Crippen LogP contribution in [-0.4, -0.2) is 25.4 Å². The highest BCUT2D eigenvalue weighted by atomic mass is 32.2. The number of thioether (sulfide) groups is 1. The van der Waals surface area contributed by atoms with Crippen LogP contribution in [0.5, 0.6) is 0 Å². The summed E-state index contributed by atoms with van der Waals surface area (Å²) in [6.07, 6.45) is 0. The Hall–Kier alpha value is -3.87. The number of carbonyl (C=O) groups is 2. The number of primary sulfonamides is 1. The highest BCUT2D eigenvalue weighted by Gasteiger charge is 2.41. The summed E-state index contributed by atoms with van der Waals surface area (Å²) in [6.45, 7) is 0. The number of rotatable bonds is 3. The molecular weight excluding hydrogens is 498 g/mol. The average Bonchev–Trinajstić information content (AvgIpc) is 3.30. The van der Waals surface area contributed by atoms with Gasteiger partial charge >= 0.3 is 0 Å². The number of para-hydroxylation sites is 1. The van der Waals surface area contributed by atoms with Gasteiger partial charge in [0.15, 0.2) is 5.17 Å². The molecule has 0 saturated carbocycles. The van der Waals surface area contributed by atoms with E-state index < -0.39 is 33.5 Å². The molecule has 0 atom stereocenters. The molecule has 2 aliphatic rings. The van der Waals surface area contributed by atoms with Crippen LogP contribution in [0.2, 0.25) is 0 Å². The molecule has 3 aromatic rings. The van der Waals surface area contributed by atoms with Crippen molar-refractivity contribution in [2.45, 2.75) is 4.90 Å². The van der Waals surface area contributed by atoms with Crippen molar-refractivity contribution in [3.05, 3.63) is 88.8 Å². The van der Waals surface area contributed by atoms with Crippen molar-refractivity contribution < 1.29 is 26.8 Å². The zero-order valence-electron chi connectivity index (χ0n) is 17.5. The minimum Gasteiger partial charge on any atom is -0.319 e. The molecule has 3 N–H and O–H groups in total. The second-order valence-corrected chi connectivity index (χ2v) is 10.0. The van der Waals surface area contributed by atoms with Gasteiger partial charge in [0, 0.05) is 5.56 Å². The molecule has 2 heterocycles. The molecule has 2 amide bonds. The summed E-state index contributed by atoms with van der Waals surface area (Å²) in [4.78, 5) is 31.8. The van der Waals surface area contributed by atoms with E-state index in [1.54, 1.807) is 0 Å². The summed E-state index contributed by atoms with van der Waals surface area (Å²) in [7, 11) is -3.91. The number of nitrogens with one attached hydrogen (secondary N) is 1. The monoisotopic (exact) mass is 512 g/mol. The third kappa shape index (κ3) is 4.11. The largest absolute Gasteiger partial charge is 0.319 e. The number of halogens is 2. The number of nitrogens with two attached hydrogens (primary N) is 1. The third-order valence-electron chi connectivity index (χ3n) is 5.23. The van der Waals surface area contributed by atoms with Crippen LogP contribution in [0.25, 0.3) is 5.57 Å². The lowest BCUT2D eigenvalue weighted by Crippen LogP contribution is -2.29. The minimum absolute atomic E-state index is 0.00335. The fourth-order valence-electron chi connectivity index (χ4n) is 3.62. The Morgan fingerprint density at radius 1 is 0.943 bits per heavy atom. The first-order chi connectivity index (χ1) is 16.6. The van der Waals surface area contributed by atoms with Crippen molar-refractivity contribution in [3.8, 4) is 0 Å². The van der Waals surface area contributed by atoms with Gasteiger partial charge in [0.1, 0.15) is 11.6 Å². The maximum absolute atomic E-state index is 14.2. The van der Waals surface area contributed by atoms with Gasteiger partial charge < -0.3 is 5.32 Å². The average molecular weight is 513 g/mol. The zero-order chi connectivity index (χ0) is 24.9. The standard InChI is InChI=1S/C23H14F2N4O4S2/c24-12-4-8-14(9-5-12)29-22(31)20(18-16-2-1-3-17(25)19(16)28-21(18)30)34-23(29)27-13-6-10-15(11-7-13)35(26,32)33/h1-11H,(H,28,30)(H2,26,32,33)/b20-18-,27-23-. The Bertz CT molecular complexity index is 1570. The number of amides is 2. The Balaban J connectivity index is 1.65. The number of hydrogen-bond acceptors (Lipinski definition) is 6. The van der Waals surface area contributed by atoms with Crippen LogP contribution in [0.3, 0.4) is 0 Å². The maximum Gasteiger partial charge on any atom is 0.272 e. The van der Waals surface area contributed by atoms with E-state index in [1.165, 1.54) is 71.6 Å². The fraction of sp³-hybridized carbons (Fsp3) is 0. The quantitative estimate of drug-likeness (QED) is 0.518. The summed E-state index contributed by atoms with van der Waals surface area (Å²) in [5.41, 5.74) is 0.802. The van der Waals surface area contributed by atoms with E-state index in [0.717, 1.165) is 11.8 Å². The first-order valence-electron chi connectivity index (χ1n) is 9.97. The maximum atomic E-state index is 14.2. The second kappa shape index (κ2) is 8.41. The number of amidine groups is 1.